The number of nitro benzene ring substituents is 1. The fourth-order valence-electron chi connectivity index (χ4n) is 2.01. The van der Waals surface area contributed by atoms with E-state index >= 15 is 0 Å². The van der Waals surface area contributed by atoms with Crippen molar-refractivity contribution < 1.29 is 9.34 Å². The molecular weight excluding hydrogens is 385 g/mol. The van der Waals surface area contributed by atoms with E-state index in [4.69, 9.17) is 27.6 Å². The molecular formula is C15H9Cl2N5O4. The van der Waals surface area contributed by atoms with Crippen LogP contribution in [0, 0.1) is 10.1 Å². The number of non-ortho nitro benzene ring substituents is 1. The number of aromatic nitrogens is 2. The summed E-state index contributed by atoms with van der Waals surface area (Å²) in [5.74, 6) is 0.804. The van der Waals surface area contributed by atoms with Crippen LogP contribution in [0.1, 0.15) is 5.76 Å². The Hall–Kier alpha value is -3.17. The third kappa shape index (κ3) is 3.73. The number of nitrogens with zero attached hydrogens (tertiary/aromatic N) is 3. The van der Waals surface area contributed by atoms with Crippen molar-refractivity contribution in [2.24, 2.45) is 5.10 Å². The molecule has 3 aromatic rings. The van der Waals surface area contributed by atoms with Gasteiger partial charge >= 0.3 is 0 Å². The van der Waals surface area contributed by atoms with Crippen LogP contribution < -0.4 is 11.0 Å². The van der Waals surface area contributed by atoms with E-state index < -0.39 is 10.5 Å². The van der Waals surface area contributed by atoms with Crippen molar-refractivity contribution in [3.8, 4) is 11.3 Å². The molecule has 1 aromatic carbocycles. The van der Waals surface area contributed by atoms with Gasteiger partial charge in [-0.3, -0.25) is 20.3 Å². The average molecular weight is 394 g/mol. The fraction of sp³-hybridized carbons (Fsp3) is 0. The van der Waals surface area contributed by atoms with E-state index in [9.17, 15) is 14.9 Å². The van der Waals surface area contributed by atoms with Crippen molar-refractivity contribution in [2.45, 2.75) is 0 Å². The molecule has 0 radical (unpaired) electrons. The number of benzene rings is 1. The number of anilines is 1. The van der Waals surface area contributed by atoms with Gasteiger partial charge in [0.15, 0.2) is 0 Å². The first-order valence-corrected chi connectivity index (χ1v) is 7.77. The Bertz CT molecular complexity index is 1060. The molecule has 0 unspecified atom stereocenters. The van der Waals surface area contributed by atoms with Gasteiger partial charge in [-0.15, -0.1) is 0 Å². The summed E-state index contributed by atoms with van der Waals surface area (Å²) < 4.78 is 5.58. The van der Waals surface area contributed by atoms with E-state index in [1.54, 1.807) is 12.1 Å². The van der Waals surface area contributed by atoms with Gasteiger partial charge in [-0.05, 0) is 18.2 Å². The molecule has 0 atom stereocenters. The van der Waals surface area contributed by atoms with Crippen molar-refractivity contribution in [2.75, 3.05) is 5.43 Å². The maximum Gasteiger partial charge on any atom is 0.285 e. The number of hydrazone groups is 1. The van der Waals surface area contributed by atoms with Crippen molar-refractivity contribution in [3.05, 3.63) is 72.8 Å². The minimum Gasteiger partial charge on any atom is -0.455 e. The Balaban J connectivity index is 1.77. The van der Waals surface area contributed by atoms with Crippen LogP contribution in [0.3, 0.4) is 0 Å². The van der Waals surface area contributed by atoms with E-state index in [1.165, 1.54) is 30.6 Å². The molecule has 2 N–H and O–H groups in total. The number of hydrogen-bond donors (Lipinski definition) is 2. The van der Waals surface area contributed by atoms with E-state index in [0.29, 0.717) is 17.1 Å². The molecule has 0 spiro atoms. The number of aromatic amines is 1. The molecule has 0 amide bonds. The number of rotatable bonds is 5. The third-order valence-electron chi connectivity index (χ3n) is 3.23. The van der Waals surface area contributed by atoms with Crippen LogP contribution in [-0.2, 0) is 0 Å². The number of nitro groups is 1. The number of hydrogen-bond acceptors (Lipinski definition) is 7. The van der Waals surface area contributed by atoms with Crippen molar-refractivity contribution in [1.82, 2.24) is 10.2 Å². The molecule has 0 saturated carbocycles. The molecule has 11 heteroatoms. The standard InChI is InChI=1S/C15H9Cl2N5O4/c16-11-5-8(22(24)25)1-3-10(11)13-4-2-9(26-13)6-18-20-12-7-19-21-15(23)14(12)17/h1-7H,(H2,20,21,23)/b18-6-. The SMILES string of the molecule is O=c1[nH]ncc(N/N=C\c2ccc(-c3ccc([N+](=O)[O-])cc3Cl)o2)c1Cl. The zero-order chi connectivity index (χ0) is 18.7. The van der Waals surface area contributed by atoms with Gasteiger partial charge < -0.3 is 4.42 Å². The largest absolute Gasteiger partial charge is 0.455 e. The number of furan rings is 1. The first kappa shape index (κ1) is 17.6. The highest BCUT2D eigenvalue weighted by molar-refractivity contribution is 6.33. The first-order valence-electron chi connectivity index (χ1n) is 7.02. The predicted octanol–water partition coefficient (Wildman–Crippen LogP) is 3.69. The molecule has 2 aromatic heterocycles. The summed E-state index contributed by atoms with van der Waals surface area (Å²) in [5.41, 5.74) is 2.66. The van der Waals surface area contributed by atoms with Crippen LogP contribution in [0.2, 0.25) is 10.0 Å². The third-order valence-corrected chi connectivity index (χ3v) is 3.92. The van der Waals surface area contributed by atoms with Crippen LogP contribution >= 0.6 is 23.2 Å². The quantitative estimate of drug-likeness (QED) is 0.386. The van der Waals surface area contributed by atoms with E-state index in [0.717, 1.165) is 0 Å². The monoisotopic (exact) mass is 393 g/mol. The highest BCUT2D eigenvalue weighted by Gasteiger charge is 2.13. The normalized spacial score (nSPS) is 11.0. The summed E-state index contributed by atoms with van der Waals surface area (Å²) in [7, 11) is 0. The first-order chi connectivity index (χ1) is 12.5. The number of H-pyrrole nitrogens is 1. The van der Waals surface area contributed by atoms with Gasteiger partial charge in [0.05, 0.1) is 22.4 Å². The molecule has 3 rings (SSSR count). The zero-order valence-electron chi connectivity index (χ0n) is 12.8. The summed E-state index contributed by atoms with van der Waals surface area (Å²) in [4.78, 5) is 21.5. The molecule has 0 aliphatic heterocycles. The van der Waals surface area contributed by atoms with Crippen LogP contribution in [0.15, 0.2) is 50.8 Å². The summed E-state index contributed by atoms with van der Waals surface area (Å²) in [6, 6.07) is 7.36. The number of halogens is 2. The van der Waals surface area contributed by atoms with Gasteiger partial charge in [-0.2, -0.15) is 10.2 Å². The highest BCUT2D eigenvalue weighted by atomic mass is 35.5. The van der Waals surface area contributed by atoms with Crippen LogP contribution in [0.5, 0.6) is 0 Å². The second-order valence-electron chi connectivity index (χ2n) is 4.92. The second kappa shape index (κ2) is 7.38. The number of nitrogens with one attached hydrogen (secondary N) is 2. The van der Waals surface area contributed by atoms with E-state index in [-0.39, 0.29) is 21.4 Å². The Kier molecular flexibility index (Phi) is 5.01. The van der Waals surface area contributed by atoms with Gasteiger partial charge in [-0.1, -0.05) is 23.2 Å². The zero-order valence-corrected chi connectivity index (χ0v) is 14.3. The molecule has 26 heavy (non-hydrogen) atoms. The molecule has 0 saturated heterocycles. The Morgan fingerprint density at radius 2 is 2.12 bits per heavy atom. The molecule has 0 aliphatic carbocycles. The van der Waals surface area contributed by atoms with Crippen molar-refractivity contribution in [1.29, 1.82) is 0 Å². The topological polar surface area (TPSA) is 126 Å². The average Bonchev–Trinajstić information content (AvgIpc) is 3.07. The maximum absolute atomic E-state index is 11.3. The lowest BCUT2D eigenvalue weighted by atomic mass is 10.1. The van der Waals surface area contributed by atoms with E-state index in [1.807, 2.05) is 0 Å². The highest BCUT2D eigenvalue weighted by Crippen LogP contribution is 2.32. The maximum atomic E-state index is 11.3. The van der Waals surface area contributed by atoms with Crippen LogP contribution in [0.25, 0.3) is 11.3 Å². The molecule has 0 bridgehead atoms. The lowest BCUT2D eigenvalue weighted by molar-refractivity contribution is -0.384. The smallest absolute Gasteiger partial charge is 0.285 e. The van der Waals surface area contributed by atoms with Gasteiger partial charge in [-0.25, -0.2) is 5.10 Å². The molecule has 0 fully saturated rings. The Morgan fingerprint density at radius 1 is 1.31 bits per heavy atom. The summed E-state index contributed by atoms with van der Waals surface area (Å²) in [5, 5.41) is 20.6. The summed E-state index contributed by atoms with van der Waals surface area (Å²) in [6.45, 7) is 0. The lowest BCUT2D eigenvalue weighted by Crippen LogP contribution is -2.09. The summed E-state index contributed by atoms with van der Waals surface area (Å²) >= 11 is 11.9. The van der Waals surface area contributed by atoms with Crippen LogP contribution in [0.4, 0.5) is 11.4 Å². The van der Waals surface area contributed by atoms with Gasteiger partial charge in [0.1, 0.15) is 22.2 Å². The molecule has 9 nitrogen and oxygen atoms in total. The Morgan fingerprint density at radius 3 is 2.85 bits per heavy atom. The van der Waals surface area contributed by atoms with Gasteiger partial charge in [0.25, 0.3) is 11.2 Å². The van der Waals surface area contributed by atoms with Gasteiger partial charge in [0, 0.05) is 17.7 Å². The minimum absolute atomic E-state index is 0.0741. The van der Waals surface area contributed by atoms with Gasteiger partial charge in [0.2, 0.25) is 0 Å². The molecule has 0 aliphatic rings. The predicted molar refractivity (Wildman–Crippen MR) is 96.9 cm³/mol. The van der Waals surface area contributed by atoms with Crippen LogP contribution in [-0.4, -0.2) is 21.3 Å². The van der Waals surface area contributed by atoms with Crippen molar-refractivity contribution >= 4 is 40.8 Å². The Labute approximate surface area is 155 Å². The fourth-order valence-corrected chi connectivity index (χ4v) is 2.41. The van der Waals surface area contributed by atoms with Crippen molar-refractivity contribution in [3.63, 3.8) is 0 Å². The summed E-state index contributed by atoms with van der Waals surface area (Å²) in [6.07, 6.45) is 2.67. The molecule has 2 heterocycles. The lowest BCUT2D eigenvalue weighted by Gasteiger charge is -2.01. The second-order valence-corrected chi connectivity index (χ2v) is 5.71. The van der Waals surface area contributed by atoms with E-state index in [2.05, 4.69) is 20.7 Å². The minimum atomic E-state index is -0.542. The molecule has 132 valence electrons.